The first-order valence-corrected chi connectivity index (χ1v) is 14.6. The Balaban J connectivity index is 1.38. The van der Waals surface area contributed by atoms with E-state index in [2.05, 4.69) is 146 Å². The Kier molecular flexibility index (Phi) is 5.60. The molecule has 194 valence electrons. The molecule has 7 aromatic rings. The highest BCUT2D eigenvalue weighted by molar-refractivity contribution is 6.23. The van der Waals surface area contributed by atoms with Gasteiger partial charge in [-0.1, -0.05) is 140 Å². The molecule has 0 saturated heterocycles. The van der Waals surface area contributed by atoms with E-state index in [1.165, 1.54) is 82.4 Å². The van der Waals surface area contributed by atoms with Crippen LogP contribution >= 0.6 is 0 Å². The number of benzene rings is 7. The molecule has 0 N–H and O–H groups in total. The monoisotopic (exact) mass is 522 g/mol. The summed E-state index contributed by atoms with van der Waals surface area (Å²) in [6, 6.07) is 49.3. The van der Waals surface area contributed by atoms with Crippen molar-refractivity contribution in [1.82, 2.24) is 0 Å². The molecule has 0 radical (unpaired) electrons. The Hall–Kier alpha value is -4.94. The van der Waals surface area contributed by atoms with Crippen molar-refractivity contribution in [3.05, 3.63) is 162 Å². The summed E-state index contributed by atoms with van der Waals surface area (Å²) in [5.74, 6) is 0. The highest BCUT2D eigenvalue weighted by Gasteiger charge is 2.20. The Bertz CT molecular complexity index is 2100. The van der Waals surface area contributed by atoms with E-state index in [0.29, 0.717) is 0 Å². The molecule has 41 heavy (non-hydrogen) atoms. The van der Waals surface area contributed by atoms with Crippen molar-refractivity contribution in [2.45, 2.75) is 19.8 Å². The largest absolute Gasteiger partial charge is 0.0757 e. The molecular weight excluding hydrogens is 492 g/mol. The number of aryl methyl sites for hydroxylation is 2. The summed E-state index contributed by atoms with van der Waals surface area (Å²) in [6.07, 6.45) is 4.64. The number of rotatable bonds is 3. The molecule has 0 spiro atoms. The first-order valence-electron chi connectivity index (χ1n) is 14.6. The first kappa shape index (κ1) is 23.9. The molecule has 0 atom stereocenters. The third-order valence-electron chi connectivity index (χ3n) is 8.87. The van der Waals surface area contributed by atoms with Crippen LogP contribution in [-0.2, 0) is 6.42 Å². The summed E-state index contributed by atoms with van der Waals surface area (Å²) >= 11 is 0. The smallest absolute Gasteiger partial charge is 0.00201 e. The maximum Gasteiger partial charge on any atom is -0.00201 e. The van der Waals surface area contributed by atoms with Crippen LogP contribution in [0.4, 0.5) is 0 Å². The molecule has 1 aliphatic rings. The van der Waals surface area contributed by atoms with E-state index >= 15 is 0 Å². The normalized spacial score (nSPS) is 13.0. The molecule has 0 aromatic heterocycles. The Morgan fingerprint density at radius 1 is 0.463 bits per heavy atom. The minimum absolute atomic E-state index is 1.10. The Labute approximate surface area is 241 Å². The van der Waals surface area contributed by atoms with Crippen molar-refractivity contribution in [3.63, 3.8) is 0 Å². The van der Waals surface area contributed by atoms with Gasteiger partial charge in [0.05, 0.1) is 0 Å². The Morgan fingerprint density at radius 2 is 1.05 bits per heavy atom. The fraction of sp³-hybridized carbons (Fsp3) is 0.0732. The number of allylic oxidation sites excluding steroid dienone is 1. The summed E-state index contributed by atoms with van der Waals surface area (Å²) in [4.78, 5) is 0. The molecule has 0 heterocycles. The van der Waals surface area contributed by atoms with Crippen LogP contribution in [0.2, 0.25) is 0 Å². The minimum atomic E-state index is 1.10. The lowest BCUT2D eigenvalue weighted by Gasteiger charge is -2.21. The summed E-state index contributed by atoms with van der Waals surface area (Å²) in [6.45, 7) is 2.27. The zero-order chi connectivity index (χ0) is 27.3. The SMILES string of the molecule is Cc1cc(-c2c3ccccc3c(-c3cccc4ccccc34)c3ccccc23)ccc1C1=CCCc2ccccc21. The lowest BCUT2D eigenvalue weighted by atomic mass is 9.82. The van der Waals surface area contributed by atoms with Gasteiger partial charge in [0, 0.05) is 0 Å². The lowest BCUT2D eigenvalue weighted by molar-refractivity contribution is 0.977. The standard InChI is InChI=1S/C41H30/c1-27-26-30(24-25-31(27)34-22-10-14-28-12-2-4-16-32(28)34)40-36-18-6-8-20-38(36)41(39-21-9-7-19-37(39)40)35-23-11-15-29-13-3-5-17-33(29)35/h2-9,11-13,15-26H,10,14H2,1H3. The van der Waals surface area contributed by atoms with E-state index in [-0.39, 0.29) is 0 Å². The van der Waals surface area contributed by atoms with E-state index < -0.39 is 0 Å². The minimum Gasteiger partial charge on any atom is -0.0757 e. The quantitative estimate of drug-likeness (QED) is 0.202. The fourth-order valence-corrected chi connectivity index (χ4v) is 7.03. The van der Waals surface area contributed by atoms with Crippen LogP contribution < -0.4 is 0 Å². The first-order chi connectivity index (χ1) is 20.3. The van der Waals surface area contributed by atoms with Gasteiger partial charge in [0.15, 0.2) is 0 Å². The van der Waals surface area contributed by atoms with Crippen LogP contribution in [0.15, 0.2) is 140 Å². The van der Waals surface area contributed by atoms with Crippen LogP contribution in [0.25, 0.3) is 60.1 Å². The van der Waals surface area contributed by atoms with E-state index in [0.717, 1.165) is 12.8 Å². The van der Waals surface area contributed by atoms with Crippen LogP contribution in [0.3, 0.4) is 0 Å². The second-order valence-corrected chi connectivity index (χ2v) is 11.2. The number of hydrogen-bond acceptors (Lipinski definition) is 0. The van der Waals surface area contributed by atoms with Gasteiger partial charge in [-0.3, -0.25) is 0 Å². The molecule has 0 saturated carbocycles. The van der Waals surface area contributed by atoms with Crippen LogP contribution in [-0.4, -0.2) is 0 Å². The van der Waals surface area contributed by atoms with Gasteiger partial charge in [-0.15, -0.1) is 0 Å². The number of fused-ring (bicyclic) bond motifs is 4. The second kappa shape index (κ2) is 9.61. The average molecular weight is 523 g/mol. The predicted octanol–water partition coefficient (Wildman–Crippen LogP) is 11.2. The molecule has 0 bridgehead atoms. The van der Waals surface area contributed by atoms with Crippen LogP contribution in [0.5, 0.6) is 0 Å². The number of hydrogen-bond donors (Lipinski definition) is 0. The predicted molar refractivity (Wildman–Crippen MR) is 176 cm³/mol. The highest BCUT2D eigenvalue weighted by atomic mass is 14.2. The molecule has 8 rings (SSSR count). The molecule has 0 aliphatic heterocycles. The molecule has 0 fully saturated rings. The van der Waals surface area contributed by atoms with Gasteiger partial charge < -0.3 is 0 Å². The van der Waals surface area contributed by atoms with Gasteiger partial charge in [-0.2, -0.15) is 0 Å². The van der Waals surface area contributed by atoms with Crippen molar-refractivity contribution >= 4 is 37.9 Å². The van der Waals surface area contributed by atoms with Gasteiger partial charge in [-0.05, 0) is 102 Å². The van der Waals surface area contributed by atoms with Gasteiger partial charge in [0.2, 0.25) is 0 Å². The van der Waals surface area contributed by atoms with E-state index in [1.54, 1.807) is 0 Å². The zero-order valence-corrected chi connectivity index (χ0v) is 23.2. The molecular formula is C41H30. The van der Waals surface area contributed by atoms with Crippen molar-refractivity contribution in [3.8, 4) is 22.3 Å². The van der Waals surface area contributed by atoms with E-state index in [1.807, 2.05) is 0 Å². The molecule has 0 amide bonds. The second-order valence-electron chi connectivity index (χ2n) is 11.2. The lowest BCUT2D eigenvalue weighted by Crippen LogP contribution is -2.02. The highest BCUT2D eigenvalue weighted by Crippen LogP contribution is 2.46. The zero-order valence-electron chi connectivity index (χ0n) is 23.2. The summed E-state index contributed by atoms with van der Waals surface area (Å²) in [7, 11) is 0. The summed E-state index contributed by atoms with van der Waals surface area (Å²) < 4.78 is 0. The topological polar surface area (TPSA) is 0 Å². The van der Waals surface area contributed by atoms with Crippen molar-refractivity contribution in [2.75, 3.05) is 0 Å². The van der Waals surface area contributed by atoms with Crippen molar-refractivity contribution in [1.29, 1.82) is 0 Å². The van der Waals surface area contributed by atoms with Gasteiger partial charge in [-0.25, -0.2) is 0 Å². The van der Waals surface area contributed by atoms with Gasteiger partial charge in [0.1, 0.15) is 0 Å². The van der Waals surface area contributed by atoms with Crippen LogP contribution in [0.1, 0.15) is 28.7 Å². The summed E-state index contributed by atoms with van der Waals surface area (Å²) in [5.41, 5.74) is 12.0. The molecule has 1 aliphatic carbocycles. The van der Waals surface area contributed by atoms with Crippen LogP contribution in [0, 0.1) is 6.92 Å². The maximum atomic E-state index is 2.42. The third kappa shape index (κ3) is 3.83. The third-order valence-corrected chi connectivity index (χ3v) is 8.87. The van der Waals surface area contributed by atoms with Gasteiger partial charge in [0.25, 0.3) is 0 Å². The van der Waals surface area contributed by atoms with E-state index in [4.69, 9.17) is 0 Å². The molecule has 0 unspecified atom stereocenters. The Morgan fingerprint density at radius 3 is 1.78 bits per heavy atom. The van der Waals surface area contributed by atoms with E-state index in [9.17, 15) is 0 Å². The average Bonchev–Trinajstić information content (AvgIpc) is 3.03. The fourth-order valence-electron chi connectivity index (χ4n) is 7.03. The maximum absolute atomic E-state index is 2.42. The molecule has 0 nitrogen and oxygen atoms in total. The van der Waals surface area contributed by atoms with Crippen molar-refractivity contribution < 1.29 is 0 Å². The molecule has 7 aromatic carbocycles. The van der Waals surface area contributed by atoms with Gasteiger partial charge >= 0.3 is 0 Å². The molecule has 0 heteroatoms. The summed E-state index contributed by atoms with van der Waals surface area (Å²) in [5, 5.41) is 7.74. The van der Waals surface area contributed by atoms with Crippen molar-refractivity contribution in [2.24, 2.45) is 0 Å².